The molecule has 10 nitrogen and oxygen atoms in total. The summed E-state index contributed by atoms with van der Waals surface area (Å²) in [6.45, 7) is 5.71. The Morgan fingerprint density at radius 3 is 2.47 bits per heavy atom. The van der Waals surface area contributed by atoms with E-state index >= 15 is 0 Å². The van der Waals surface area contributed by atoms with Gasteiger partial charge in [0.2, 0.25) is 0 Å². The molecule has 0 fully saturated rings. The molecule has 1 N–H and O–H groups in total. The molecule has 4 aromatic rings. The molecule has 2 aromatic carbocycles. The van der Waals surface area contributed by atoms with Crippen LogP contribution < -0.4 is 10.1 Å². The fraction of sp³-hybridized carbons (Fsp3) is 0.250. The van der Waals surface area contributed by atoms with E-state index in [0.717, 1.165) is 22.3 Å². The number of amides is 1. The smallest absolute Gasteiger partial charge is 0.410 e. The van der Waals surface area contributed by atoms with E-state index in [1.165, 1.54) is 6.33 Å². The topological polar surface area (TPSA) is 117 Å². The van der Waals surface area contributed by atoms with E-state index in [0.29, 0.717) is 17.3 Å². The summed E-state index contributed by atoms with van der Waals surface area (Å²) in [4.78, 5) is 20.6. The summed E-state index contributed by atoms with van der Waals surface area (Å²) < 4.78 is 12.6. The number of nitrogens with zero attached hydrogens (tertiary/aromatic N) is 6. The highest BCUT2D eigenvalue weighted by Gasteiger charge is 2.18. The lowest BCUT2D eigenvalue weighted by Crippen LogP contribution is -2.29. The van der Waals surface area contributed by atoms with Crippen LogP contribution in [0.5, 0.6) is 5.75 Å². The molecule has 0 aliphatic carbocycles. The molecule has 0 aliphatic rings. The van der Waals surface area contributed by atoms with E-state index in [1.807, 2.05) is 51.1 Å². The van der Waals surface area contributed by atoms with Crippen LogP contribution >= 0.6 is 0 Å². The molecule has 174 valence electrons. The number of carbonyl (C=O) groups is 1. The van der Waals surface area contributed by atoms with Gasteiger partial charge < -0.3 is 14.8 Å². The number of ether oxygens (including phenoxy) is 2. The Morgan fingerprint density at radius 2 is 1.76 bits per heavy atom. The van der Waals surface area contributed by atoms with Gasteiger partial charge >= 0.3 is 6.09 Å². The molecule has 4 rings (SSSR count). The van der Waals surface area contributed by atoms with Gasteiger partial charge in [-0.2, -0.15) is 4.68 Å². The van der Waals surface area contributed by atoms with E-state index < -0.39 is 6.09 Å². The van der Waals surface area contributed by atoms with E-state index in [4.69, 9.17) is 9.47 Å². The van der Waals surface area contributed by atoms with Crippen molar-refractivity contribution in [2.24, 2.45) is 0 Å². The Labute approximate surface area is 197 Å². The van der Waals surface area contributed by atoms with Crippen molar-refractivity contribution in [2.45, 2.75) is 32.9 Å². The quantitative estimate of drug-likeness (QED) is 0.441. The maximum atomic E-state index is 12.7. The summed E-state index contributed by atoms with van der Waals surface area (Å²) in [7, 11) is 1.59. The fourth-order valence-corrected chi connectivity index (χ4v) is 3.34. The van der Waals surface area contributed by atoms with Gasteiger partial charge in [-0.25, -0.2) is 14.8 Å². The zero-order chi connectivity index (χ0) is 24.1. The average molecular weight is 460 g/mol. The maximum Gasteiger partial charge on any atom is 0.413 e. The van der Waals surface area contributed by atoms with Crippen molar-refractivity contribution in [2.75, 3.05) is 7.11 Å². The van der Waals surface area contributed by atoms with E-state index in [1.54, 1.807) is 36.3 Å². The predicted molar refractivity (Wildman–Crippen MR) is 124 cm³/mol. The van der Waals surface area contributed by atoms with Crippen molar-refractivity contribution in [1.29, 1.82) is 0 Å². The predicted octanol–water partition coefficient (Wildman–Crippen LogP) is 3.98. The van der Waals surface area contributed by atoms with Crippen molar-refractivity contribution >= 4 is 6.09 Å². The highest BCUT2D eigenvalue weighted by Crippen LogP contribution is 2.29. The van der Waals surface area contributed by atoms with Gasteiger partial charge in [0.1, 0.15) is 18.2 Å². The Morgan fingerprint density at radius 1 is 1.03 bits per heavy atom. The number of aryl methyl sites for hydroxylation is 1. The zero-order valence-electron chi connectivity index (χ0n) is 19.3. The van der Waals surface area contributed by atoms with Crippen LogP contribution in [0.3, 0.4) is 0 Å². The first-order chi connectivity index (χ1) is 16.4. The molecule has 10 heteroatoms. The number of nitrogens with one attached hydrogen (secondary N) is 1. The molecule has 0 radical (unpaired) electrons. The standard InChI is InChI=1S/C24H25N7O3/c1-15-5-7-18(8-6-15)19-9-21(31-23(17(3)33-4)28-29-30-31)11-22(10-19)34-24(32)27-16(2)20-12-25-14-26-13-20/h5-14,16-17H,1-4H3,(H,27,32). The Kier molecular flexibility index (Phi) is 6.88. The first-order valence-corrected chi connectivity index (χ1v) is 10.7. The third-order valence-electron chi connectivity index (χ3n) is 5.36. The number of rotatable bonds is 7. The summed E-state index contributed by atoms with van der Waals surface area (Å²) in [5.41, 5.74) is 4.35. The number of carbonyl (C=O) groups excluding carboxylic acids is 1. The molecular formula is C24H25N7O3. The van der Waals surface area contributed by atoms with Crippen molar-refractivity contribution in [3.63, 3.8) is 0 Å². The van der Waals surface area contributed by atoms with Gasteiger partial charge in [0.05, 0.1) is 11.7 Å². The molecule has 2 aromatic heterocycles. The minimum Gasteiger partial charge on any atom is -0.410 e. The van der Waals surface area contributed by atoms with Crippen LogP contribution in [-0.2, 0) is 4.74 Å². The summed E-state index contributed by atoms with van der Waals surface area (Å²) in [5.74, 6) is 0.866. The van der Waals surface area contributed by atoms with Gasteiger partial charge in [-0.05, 0) is 54.5 Å². The zero-order valence-corrected chi connectivity index (χ0v) is 19.3. The summed E-state index contributed by atoms with van der Waals surface area (Å²) in [6, 6.07) is 13.2. The van der Waals surface area contributed by atoms with Crippen LogP contribution in [0.2, 0.25) is 0 Å². The lowest BCUT2D eigenvalue weighted by Gasteiger charge is -2.15. The lowest BCUT2D eigenvalue weighted by molar-refractivity contribution is 0.110. The largest absolute Gasteiger partial charge is 0.413 e. The van der Waals surface area contributed by atoms with Crippen molar-refractivity contribution in [1.82, 2.24) is 35.5 Å². The number of hydrogen-bond donors (Lipinski definition) is 1. The van der Waals surface area contributed by atoms with Crippen LogP contribution in [0.1, 0.15) is 42.9 Å². The molecule has 0 spiro atoms. The number of hydrogen-bond acceptors (Lipinski definition) is 8. The van der Waals surface area contributed by atoms with Gasteiger partial charge in [0, 0.05) is 31.1 Å². The molecule has 2 atom stereocenters. The highest BCUT2D eigenvalue weighted by atomic mass is 16.6. The summed E-state index contributed by atoms with van der Waals surface area (Å²) >= 11 is 0. The second-order valence-corrected chi connectivity index (χ2v) is 7.84. The third-order valence-corrected chi connectivity index (χ3v) is 5.36. The molecule has 0 saturated heterocycles. The first-order valence-electron chi connectivity index (χ1n) is 10.7. The molecule has 0 saturated carbocycles. The van der Waals surface area contributed by atoms with Crippen molar-refractivity contribution in [3.05, 3.63) is 78.1 Å². The van der Waals surface area contributed by atoms with Crippen LogP contribution in [0.25, 0.3) is 16.8 Å². The Balaban J connectivity index is 1.67. The molecule has 1 amide bonds. The molecular weight excluding hydrogens is 434 g/mol. The van der Waals surface area contributed by atoms with Crippen LogP contribution in [0, 0.1) is 6.92 Å². The molecule has 0 aliphatic heterocycles. The highest BCUT2D eigenvalue weighted by molar-refractivity contribution is 5.74. The second-order valence-electron chi connectivity index (χ2n) is 7.84. The second kappa shape index (κ2) is 10.2. The number of benzene rings is 2. The third kappa shape index (κ3) is 5.24. The number of tetrazole rings is 1. The van der Waals surface area contributed by atoms with Gasteiger partial charge in [-0.1, -0.05) is 29.8 Å². The lowest BCUT2D eigenvalue weighted by atomic mass is 10.0. The minimum atomic E-state index is -0.606. The van der Waals surface area contributed by atoms with Gasteiger partial charge in [0.25, 0.3) is 0 Å². The van der Waals surface area contributed by atoms with Crippen LogP contribution in [-0.4, -0.2) is 43.4 Å². The fourth-order valence-electron chi connectivity index (χ4n) is 3.34. The van der Waals surface area contributed by atoms with Crippen LogP contribution in [0.15, 0.2) is 61.2 Å². The Hall–Kier alpha value is -4.18. The normalized spacial score (nSPS) is 12.7. The molecule has 34 heavy (non-hydrogen) atoms. The minimum absolute atomic E-state index is 0.331. The van der Waals surface area contributed by atoms with E-state index in [9.17, 15) is 4.79 Å². The molecule has 2 unspecified atom stereocenters. The first kappa shape index (κ1) is 23.0. The summed E-state index contributed by atoms with van der Waals surface area (Å²) in [5, 5.41) is 14.8. The SMILES string of the molecule is COC(C)c1nnnn1-c1cc(OC(=O)NC(C)c2cncnc2)cc(-c2ccc(C)cc2)c1. The van der Waals surface area contributed by atoms with E-state index in [2.05, 4.69) is 30.8 Å². The van der Waals surface area contributed by atoms with Crippen molar-refractivity contribution in [3.8, 4) is 22.6 Å². The maximum absolute atomic E-state index is 12.7. The molecule has 0 bridgehead atoms. The van der Waals surface area contributed by atoms with Crippen molar-refractivity contribution < 1.29 is 14.3 Å². The summed E-state index contributed by atoms with van der Waals surface area (Å²) in [6.07, 6.45) is 3.78. The Bertz CT molecular complexity index is 1260. The average Bonchev–Trinajstić information content (AvgIpc) is 3.34. The van der Waals surface area contributed by atoms with Gasteiger partial charge in [-0.3, -0.25) is 0 Å². The monoisotopic (exact) mass is 459 g/mol. The molecule has 2 heterocycles. The van der Waals surface area contributed by atoms with Gasteiger partial charge in [0.15, 0.2) is 5.82 Å². The van der Waals surface area contributed by atoms with Gasteiger partial charge in [-0.15, -0.1) is 5.10 Å². The number of methoxy groups -OCH3 is 1. The number of aromatic nitrogens is 6. The van der Waals surface area contributed by atoms with E-state index in [-0.39, 0.29) is 12.1 Å². The van der Waals surface area contributed by atoms with Crippen LogP contribution in [0.4, 0.5) is 4.79 Å².